The molecule has 0 unspecified atom stereocenters. The predicted molar refractivity (Wildman–Crippen MR) is 123 cm³/mol. The molecule has 29 heavy (non-hydrogen) atoms. The van der Waals surface area contributed by atoms with E-state index in [1.54, 1.807) is 0 Å². The molecule has 0 N–H and O–H groups in total. The molecule has 2 nitrogen and oxygen atoms in total. The fourth-order valence-electron chi connectivity index (χ4n) is 4.41. The van der Waals surface area contributed by atoms with Gasteiger partial charge in [0.25, 0.3) is 0 Å². The molecule has 0 spiro atoms. The van der Waals surface area contributed by atoms with E-state index in [0.717, 1.165) is 43.6 Å². The summed E-state index contributed by atoms with van der Waals surface area (Å²) in [6.45, 7) is -1.20. The summed E-state index contributed by atoms with van der Waals surface area (Å²) >= 11 is 0. The Morgan fingerprint density at radius 1 is 0.724 bits per heavy atom. The number of hydrogen-bond donors (Lipinski definition) is 0. The number of pyridine rings is 1. The first-order chi connectivity index (χ1) is 16.4. The highest BCUT2D eigenvalue weighted by Crippen LogP contribution is 2.40. The molecule has 0 bridgehead atoms. The minimum Gasteiger partial charge on any atom is -0.456 e. The van der Waals surface area contributed by atoms with Crippen LogP contribution in [-0.4, -0.2) is 4.98 Å². The van der Waals surface area contributed by atoms with Crippen LogP contribution in [-0.2, 0) is 0 Å². The van der Waals surface area contributed by atoms with E-state index in [1.165, 1.54) is 6.20 Å². The standard InChI is InChI=1S/C27H21NO/c1-14-9-21-22-11-23-20(12-25(22)29-24(21)10-15(14)2)18-7-5-6-8-19(18)27-26(23)17(4)16(3)13-28-27/h5-13H,1-4H3/i3D3,4D3. The summed E-state index contributed by atoms with van der Waals surface area (Å²) in [7, 11) is 0. The van der Waals surface area contributed by atoms with E-state index < -0.39 is 13.7 Å². The lowest BCUT2D eigenvalue weighted by Gasteiger charge is -2.13. The van der Waals surface area contributed by atoms with Crippen LogP contribution in [0.15, 0.2) is 59.1 Å². The minimum absolute atomic E-state index is 0.169. The molecular weight excluding hydrogens is 354 g/mol. The number of rotatable bonds is 0. The summed E-state index contributed by atoms with van der Waals surface area (Å²) in [5.41, 5.74) is 3.75. The molecule has 0 radical (unpaired) electrons. The molecule has 140 valence electrons. The number of furan rings is 1. The summed E-state index contributed by atoms with van der Waals surface area (Å²) < 4.78 is 55.2. The maximum atomic E-state index is 8.31. The van der Waals surface area contributed by atoms with Crippen molar-refractivity contribution in [2.75, 3.05) is 0 Å². The van der Waals surface area contributed by atoms with Gasteiger partial charge in [-0.2, -0.15) is 0 Å². The number of aryl methyl sites for hydroxylation is 4. The maximum Gasteiger partial charge on any atom is 0.136 e. The van der Waals surface area contributed by atoms with Crippen LogP contribution in [0.25, 0.3) is 54.4 Å². The quantitative estimate of drug-likeness (QED) is 0.252. The molecule has 0 aliphatic carbocycles. The lowest BCUT2D eigenvalue weighted by Crippen LogP contribution is -1.91. The van der Waals surface area contributed by atoms with E-state index >= 15 is 0 Å². The lowest BCUT2D eigenvalue weighted by molar-refractivity contribution is 0.669. The van der Waals surface area contributed by atoms with Gasteiger partial charge in [-0.1, -0.05) is 24.3 Å². The zero-order valence-electron chi connectivity index (χ0n) is 22.1. The minimum atomic E-state index is -2.65. The third-order valence-electron chi connectivity index (χ3n) is 6.05. The van der Waals surface area contributed by atoms with Crippen molar-refractivity contribution in [3.05, 3.63) is 77.0 Å². The molecule has 2 heterocycles. The molecule has 4 aromatic carbocycles. The van der Waals surface area contributed by atoms with Gasteiger partial charge in [0.2, 0.25) is 0 Å². The molecule has 0 fully saturated rings. The Hall–Kier alpha value is -3.39. The van der Waals surface area contributed by atoms with Crippen LogP contribution in [0.2, 0.25) is 0 Å². The first-order valence-electron chi connectivity index (χ1n) is 12.6. The van der Waals surface area contributed by atoms with Gasteiger partial charge in [0, 0.05) is 36.0 Å². The van der Waals surface area contributed by atoms with Gasteiger partial charge in [-0.25, -0.2) is 0 Å². The Morgan fingerprint density at radius 3 is 2.31 bits per heavy atom. The first kappa shape index (κ1) is 11.6. The highest BCUT2D eigenvalue weighted by atomic mass is 16.3. The Labute approximate surface area is 177 Å². The third-order valence-corrected chi connectivity index (χ3v) is 6.05. The Balaban J connectivity index is 1.94. The van der Waals surface area contributed by atoms with Crippen molar-refractivity contribution < 1.29 is 12.6 Å². The second-order valence-corrected chi connectivity index (χ2v) is 7.74. The second kappa shape index (κ2) is 5.57. The number of benzene rings is 4. The SMILES string of the molecule is [2H]C([2H])([2H])c1cnc2c3ccccc3c3cc4oc5cc(C)c(C)cc5c4cc3c2c1C([2H])([2H])[2H]. The van der Waals surface area contributed by atoms with Gasteiger partial charge in [-0.05, 0) is 90.2 Å². The topological polar surface area (TPSA) is 26.0 Å². The van der Waals surface area contributed by atoms with E-state index in [0.29, 0.717) is 21.9 Å². The summed E-state index contributed by atoms with van der Waals surface area (Å²) in [6.07, 6.45) is 1.20. The molecule has 2 heteroatoms. The third kappa shape index (κ3) is 2.14. The first-order valence-corrected chi connectivity index (χ1v) is 9.57. The number of aromatic nitrogens is 1. The van der Waals surface area contributed by atoms with E-state index in [2.05, 4.69) is 11.1 Å². The zero-order valence-corrected chi connectivity index (χ0v) is 16.1. The Bertz CT molecular complexity index is 1840. The van der Waals surface area contributed by atoms with E-state index in [9.17, 15) is 0 Å². The Morgan fingerprint density at radius 2 is 1.48 bits per heavy atom. The largest absolute Gasteiger partial charge is 0.456 e. The smallest absolute Gasteiger partial charge is 0.136 e. The summed E-state index contributed by atoms with van der Waals surface area (Å²) in [5, 5.41) is 5.24. The van der Waals surface area contributed by atoms with Crippen molar-refractivity contribution in [2.45, 2.75) is 27.6 Å². The number of nitrogens with zero attached hydrogens (tertiary/aromatic N) is 1. The van der Waals surface area contributed by atoms with Gasteiger partial charge in [-0.15, -0.1) is 0 Å². The van der Waals surface area contributed by atoms with Crippen LogP contribution in [0, 0.1) is 27.6 Å². The maximum absolute atomic E-state index is 8.31. The van der Waals surface area contributed by atoms with Crippen molar-refractivity contribution in [2.24, 2.45) is 0 Å². The molecule has 0 aliphatic heterocycles. The highest BCUT2D eigenvalue weighted by molar-refractivity contribution is 6.28. The normalized spacial score (nSPS) is 16.1. The molecule has 2 aromatic heterocycles. The fraction of sp³-hybridized carbons (Fsp3) is 0.148. The fourth-order valence-corrected chi connectivity index (χ4v) is 4.41. The number of hydrogen-bond acceptors (Lipinski definition) is 2. The van der Waals surface area contributed by atoms with Gasteiger partial charge in [0.15, 0.2) is 0 Å². The van der Waals surface area contributed by atoms with E-state index in [1.807, 2.05) is 56.3 Å². The molecule has 0 saturated carbocycles. The van der Waals surface area contributed by atoms with E-state index in [-0.39, 0.29) is 11.1 Å². The van der Waals surface area contributed by atoms with Crippen LogP contribution >= 0.6 is 0 Å². The van der Waals surface area contributed by atoms with Crippen molar-refractivity contribution >= 4 is 54.4 Å². The molecule has 0 aliphatic rings. The molecular formula is C27H21NO. The molecule has 0 atom stereocenters. The summed E-state index contributed by atoms with van der Waals surface area (Å²) in [5.74, 6) is 0. The molecule has 6 rings (SSSR count). The van der Waals surface area contributed by atoms with Gasteiger partial charge in [0.05, 0.1) is 5.52 Å². The van der Waals surface area contributed by atoms with Crippen LogP contribution in [0.1, 0.15) is 30.5 Å². The second-order valence-electron chi connectivity index (χ2n) is 7.74. The molecule has 0 saturated heterocycles. The average Bonchev–Trinajstić information content (AvgIpc) is 3.12. The lowest BCUT2D eigenvalue weighted by atomic mass is 9.92. The highest BCUT2D eigenvalue weighted by Gasteiger charge is 2.16. The number of fused-ring (bicyclic) bond motifs is 9. The average molecular weight is 382 g/mol. The van der Waals surface area contributed by atoms with Crippen LogP contribution in [0.4, 0.5) is 0 Å². The van der Waals surface area contributed by atoms with Crippen molar-refractivity contribution in [1.82, 2.24) is 4.98 Å². The van der Waals surface area contributed by atoms with Gasteiger partial charge in [-0.3, -0.25) is 4.98 Å². The van der Waals surface area contributed by atoms with Crippen molar-refractivity contribution in [3.63, 3.8) is 0 Å². The van der Waals surface area contributed by atoms with Gasteiger partial charge in [0.1, 0.15) is 11.2 Å². The van der Waals surface area contributed by atoms with Crippen LogP contribution in [0.5, 0.6) is 0 Å². The summed E-state index contributed by atoms with van der Waals surface area (Å²) in [6, 6.07) is 15.6. The summed E-state index contributed by atoms with van der Waals surface area (Å²) in [4.78, 5) is 4.52. The van der Waals surface area contributed by atoms with Crippen molar-refractivity contribution in [1.29, 1.82) is 0 Å². The zero-order chi connectivity index (χ0) is 24.9. The van der Waals surface area contributed by atoms with E-state index in [4.69, 9.17) is 12.6 Å². The van der Waals surface area contributed by atoms with Gasteiger partial charge < -0.3 is 4.42 Å². The Kier molecular flexibility index (Phi) is 2.22. The monoisotopic (exact) mass is 381 g/mol. The van der Waals surface area contributed by atoms with Crippen LogP contribution < -0.4 is 0 Å². The van der Waals surface area contributed by atoms with Crippen molar-refractivity contribution in [3.8, 4) is 0 Å². The molecule has 0 amide bonds. The predicted octanol–water partition coefficient (Wildman–Crippen LogP) is 7.67. The van der Waals surface area contributed by atoms with Crippen LogP contribution in [0.3, 0.4) is 0 Å². The molecule has 6 aromatic rings. The van der Waals surface area contributed by atoms with Gasteiger partial charge >= 0.3 is 0 Å².